The molecule has 0 fully saturated rings. The molecule has 0 saturated carbocycles. The van der Waals surface area contributed by atoms with Crippen LogP contribution in [-0.4, -0.2) is 16.0 Å². The molecule has 0 saturated heterocycles. The van der Waals surface area contributed by atoms with Gasteiger partial charge in [-0.1, -0.05) is 5.11 Å². The Bertz CT molecular complexity index is 567. The number of hydrogen-bond acceptors (Lipinski definition) is 4. The van der Waals surface area contributed by atoms with Crippen molar-refractivity contribution in [2.45, 2.75) is 0 Å². The first kappa shape index (κ1) is 12.3. The number of rotatable bonds is 3. The van der Waals surface area contributed by atoms with Crippen molar-refractivity contribution in [2.75, 3.05) is 0 Å². The fraction of sp³-hybridized carbons (Fsp3) is 0. The Morgan fingerprint density at radius 1 is 1.53 bits per heavy atom. The number of carbonyl (C=O) groups is 1. The van der Waals surface area contributed by atoms with Crippen molar-refractivity contribution in [3.8, 4) is 0 Å². The number of azide groups is 1. The number of halogens is 2. The Hall–Kier alpha value is -2.74. The number of benzene rings is 1. The summed E-state index contributed by atoms with van der Waals surface area (Å²) in [5.41, 5.74) is 4.51. The van der Waals surface area contributed by atoms with Gasteiger partial charge in [0.1, 0.15) is 5.56 Å². The van der Waals surface area contributed by atoms with Gasteiger partial charge >= 0.3 is 5.97 Å². The second-order valence-corrected chi connectivity index (χ2v) is 2.67. The molecule has 0 spiro atoms. The molecule has 0 aliphatic heterocycles. The lowest BCUT2D eigenvalue weighted by atomic mass is 10.1. The average molecular weight is 244 g/mol. The van der Waals surface area contributed by atoms with Crippen LogP contribution in [0.1, 0.15) is 10.4 Å². The molecule has 0 atom stereocenters. The maximum Gasteiger partial charge on any atom is 0.339 e. The van der Waals surface area contributed by atoms with E-state index in [0.29, 0.717) is 0 Å². The zero-order chi connectivity index (χ0) is 13.2. The first-order valence-electron chi connectivity index (χ1n) is 3.85. The summed E-state index contributed by atoms with van der Waals surface area (Å²) >= 11 is 0. The van der Waals surface area contributed by atoms with Gasteiger partial charge in [0.2, 0.25) is 0 Å². The highest BCUT2D eigenvalue weighted by Gasteiger charge is 2.27. The highest BCUT2D eigenvalue weighted by molar-refractivity contribution is 5.90. The monoisotopic (exact) mass is 244 g/mol. The van der Waals surface area contributed by atoms with E-state index >= 15 is 0 Å². The van der Waals surface area contributed by atoms with Crippen molar-refractivity contribution in [3.63, 3.8) is 0 Å². The van der Waals surface area contributed by atoms with Crippen molar-refractivity contribution in [2.24, 2.45) is 5.11 Å². The topological polar surface area (TPSA) is 129 Å². The lowest BCUT2D eigenvalue weighted by Crippen LogP contribution is -2.05. The molecule has 0 unspecified atom stereocenters. The van der Waals surface area contributed by atoms with Crippen molar-refractivity contribution in [1.29, 1.82) is 0 Å². The third-order valence-corrected chi connectivity index (χ3v) is 1.73. The van der Waals surface area contributed by atoms with Gasteiger partial charge in [-0.05, 0) is 5.53 Å². The summed E-state index contributed by atoms with van der Waals surface area (Å²) in [7, 11) is 0. The molecule has 1 N–H and O–H groups in total. The minimum atomic E-state index is -1.88. The second-order valence-electron chi connectivity index (χ2n) is 2.67. The van der Waals surface area contributed by atoms with Crippen LogP contribution in [0.2, 0.25) is 0 Å². The fourth-order valence-corrected chi connectivity index (χ4v) is 1.04. The lowest BCUT2D eigenvalue weighted by molar-refractivity contribution is -0.384. The molecule has 1 rings (SSSR count). The maximum absolute atomic E-state index is 13.2. The van der Waals surface area contributed by atoms with Crippen LogP contribution in [0.15, 0.2) is 11.2 Å². The molecule has 10 heteroatoms. The molecule has 88 valence electrons. The Kier molecular flexibility index (Phi) is 3.20. The first-order valence-corrected chi connectivity index (χ1v) is 3.85. The minimum Gasteiger partial charge on any atom is -0.478 e. The van der Waals surface area contributed by atoms with Crippen LogP contribution in [0.25, 0.3) is 10.4 Å². The summed E-state index contributed by atoms with van der Waals surface area (Å²) < 4.78 is 26.3. The van der Waals surface area contributed by atoms with Gasteiger partial charge in [0, 0.05) is 11.0 Å². The highest BCUT2D eigenvalue weighted by Crippen LogP contribution is 2.34. The molecular formula is C7H2F2N4O4. The normalized spacial score (nSPS) is 9.53. The molecule has 17 heavy (non-hydrogen) atoms. The van der Waals surface area contributed by atoms with Crippen LogP contribution >= 0.6 is 0 Å². The number of nitro benzene ring substituents is 1. The SMILES string of the molecule is [N-]=[N+]=Nc1c([N+](=O)[O-])cc(C(=O)O)c(F)c1F. The summed E-state index contributed by atoms with van der Waals surface area (Å²) in [5.74, 6) is -5.59. The van der Waals surface area contributed by atoms with Crippen LogP contribution in [0.5, 0.6) is 0 Å². The molecule has 8 nitrogen and oxygen atoms in total. The maximum atomic E-state index is 13.2. The molecule has 0 amide bonds. The van der Waals surface area contributed by atoms with Gasteiger partial charge in [0.25, 0.3) is 5.69 Å². The quantitative estimate of drug-likeness (QED) is 0.287. The molecule has 1 aromatic rings. The Balaban J connectivity index is 3.74. The van der Waals surface area contributed by atoms with E-state index in [1.807, 2.05) is 0 Å². The smallest absolute Gasteiger partial charge is 0.339 e. The molecule has 0 aromatic heterocycles. The predicted octanol–water partition coefficient (Wildman–Crippen LogP) is 2.51. The van der Waals surface area contributed by atoms with Gasteiger partial charge in [-0.2, -0.15) is 0 Å². The molecule has 0 aliphatic rings. The second kappa shape index (κ2) is 4.41. The van der Waals surface area contributed by atoms with E-state index in [0.717, 1.165) is 0 Å². The third kappa shape index (κ3) is 2.11. The summed E-state index contributed by atoms with van der Waals surface area (Å²) in [4.78, 5) is 21.9. The van der Waals surface area contributed by atoms with Gasteiger partial charge in [0.05, 0.1) is 4.92 Å². The first-order chi connectivity index (χ1) is 7.90. The van der Waals surface area contributed by atoms with E-state index in [1.54, 1.807) is 0 Å². The van der Waals surface area contributed by atoms with Crippen molar-refractivity contribution in [3.05, 3.63) is 43.8 Å². The Morgan fingerprint density at radius 3 is 2.53 bits per heavy atom. The Labute approximate surface area is 90.9 Å². The average Bonchev–Trinajstić information content (AvgIpc) is 2.24. The van der Waals surface area contributed by atoms with Crippen molar-refractivity contribution in [1.82, 2.24) is 0 Å². The van der Waals surface area contributed by atoms with E-state index in [-0.39, 0.29) is 6.07 Å². The summed E-state index contributed by atoms with van der Waals surface area (Å²) in [5, 5.41) is 21.6. The van der Waals surface area contributed by atoms with Gasteiger partial charge in [-0.15, -0.1) is 0 Å². The van der Waals surface area contributed by atoms with Crippen LogP contribution < -0.4 is 0 Å². The van der Waals surface area contributed by atoms with E-state index < -0.39 is 39.5 Å². The summed E-state index contributed by atoms with van der Waals surface area (Å²) in [6.07, 6.45) is 0. The van der Waals surface area contributed by atoms with Crippen LogP contribution in [0.4, 0.5) is 20.2 Å². The fourth-order valence-electron chi connectivity index (χ4n) is 1.04. The van der Waals surface area contributed by atoms with Gasteiger partial charge in [-0.25, -0.2) is 13.6 Å². The largest absolute Gasteiger partial charge is 0.478 e. The van der Waals surface area contributed by atoms with E-state index in [1.165, 1.54) is 0 Å². The van der Waals surface area contributed by atoms with Gasteiger partial charge in [-0.3, -0.25) is 10.1 Å². The zero-order valence-corrected chi connectivity index (χ0v) is 7.79. The summed E-state index contributed by atoms with van der Waals surface area (Å²) in [6.45, 7) is 0. The van der Waals surface area contributed by atoms with Crippen LogP contribution in [-0.2, 0) is 0 Å². The lowest BCUT2D eigenvalue weighted by Gasteiger charge is -2.02. The van der Waals surface area contributed by atoms with E-state index in [4.69, 9.17) is 10.6 Å². The predicted molar refractivity (Wildman–Crippen MR) is 48.8 cm³/mol. The molecule has 0 bridgehead atoms. The Morgan fingerprint density at radius 2 is 2.12 bits per heavy atom. The van der Waals surface area contributed by atoms with Crippen molar-refractivity contribution >= 4 is 17.3 Å². The van der Waals surface area contributed by atoms with E-state index in [2.05, 4.69) is 10.0 Å². The molecular weight excluding hydrogens is 242 g/mol. The molecule has 0 radical (unpaired) electrons. The number of carboxylic acids is 1. The highest BCUT2D eigenvalue weighted by atomic mass is 19.2. The summed E-state index contributed by atoms with van der Waals surface area (Å²) in [6, 6.07) is 0.282. The zero-order valence-electron chi connectivity index (χ0n) is 7.79. The van der Waals surface area contributed by atoms with Crippen LogP contribution in [0, 0.1) is 21.7 Å². The van der Waals surface area contributed by atoms with Gasteiger partial charge in [0.15, 0.2) is 17.3 Å². The third-order valence-electron chi connectivity index (χ3n) is 1.73. The molecule has 1 aromatic carbocycles. The molecule has 0 aliphatic carbocycles. The number of aromatic carboxylic acids is 1. The number of carboxylic acid groups (broad SMARTS) is 1. The van der Waals surface area contributed by atoms with Crippen molar-refractivity contribution < 1.29 is 23.6 Å². The number of hydrogen-bond donors (Lipinski definition) is 1. The number of nitrogens with zero attached hydrogens (tertiary/aromatic N) is 4. The minimum absolute atomic E-state index is 0.282. The number of nitro groups is 1. The van der Waals surface area contributed by atoms with E-state index in [9.17, 15) is 23.7 Å². The molecule has 0 heterocycles. The van der Waals surface area contributed by atoms with Crippen LogP contribution in [0.3, 0.4) is 0 Å². The standard InChI is InChI=1S/C7H2F2N4O4/c8-4-2(7(14)15)1-3(13(16)17)6(5(4)9)11-12-10/h1H,(H,14,15). The van der Waals surface area contributed by atoms with Gasteiger partial charge < -0.3 is 5.11 Å².